The number of thiazole rings is 1. The Morgan fingerprint density at radius 2 is 1.79 bits per heavy atom. The Kier molecular flexibility index (Phi) is 8.78. The maximum absolute atomic E-state index is 14.5. The van der Waals surface area contributed by atoms with Gasteiger partial charge in [-0.15, -0.1) is 16.4 Å². The summed E-state index contributed by atoms with van der Waals surface area (Å²) in [5.74, 6) is -0.722. The SMILES string of the molecule is CC[C@H](c1ccccc1F)n1cc(CN2[C@H](C)CN(C(=O)C(C)(C)c3csc(-c4c(F)cccc4Cl)n3)C[C@@H]2C)nn1. The van der Waals surface area contributed by atoms with Crippen molar-refractivity contribution in [2.45, 2.75) is 71.1 Å². The van der Waals surface area contributed by atoms with Gasteiger partial charge in [-0.25, -0.2) is 18.4 Å². The lowest BCUT2D eigenvalue weighted by Crippen LogP contribution is -2.60. The number of nitrogens with zero attached hydrogens (tertiary/aromatic N) is 6. The number of rotatable bonds is 8. The van der Waals surface area contributed by atoms with Crippen molar-refractivity contribution in [2.75, 3.05) is 13.1 Å². The van der Waals surface area contributed by atoms with Gasteiger partial charge in [-0.3, -0.25) is 9.69 Å². The molecule has 5 rings (SSSR count). The molecule has 7 nitrogen and oxygen atoms in total. The fourth-order valence-corrected chi connectivity index (χ4v) is 7.09. The predicted molar refractivity (Wildman–Crippen MR) is 161 cm³/mol. The van der Waals surface area contributed by atoms with Crippen LogP contribution in [0.25, 0.3) is 10.6 Å². The average Bonchev–Trinajstić information content (AvgIpc) is 3.62. The molecule has 0 radical (unpaired) electrons. The van der Waals surface area contributed by atoms with E-state index in [1.165, 1.54) is 23.5 Å². The summed E-state index contributed by atoms with van der Waals surface area (Å²) in [4.78, 5) is 22.7. The van der Waals surface area contributed by atoms with E-state index >= 15 is 0 Å². The van der Waals surface area contributed by atoms with Gasteiger partial charge in [0.15, 0.2) is 0 Å². The van der Waals surface area contributed by atoms with Gasteiger partial charge < -0.3 is 4.90 Å². The second kappa shape index (κ2) is 12.2. The van der Waals surface area contributed by atoms with Gasteiger partial charge in [0, 0.05) is 42.7 Å². The molecule has 0 bridgehead atoms. The number of hydrogen-bond donors (Lipinski definition) is 0. The second-order valence-corrected chi connectivity index (χ2v) is 12.7. The summed E-state index contributed by atoms with van der Waals surface area (Å²) < 4.78 is 30.7. The molecule has 0 N–H and O–H groups in total. The van der Waals surface area contributed by atoms with Gasteiger partial charge in [0.05, 0.1) is 39.6 Å². The molecule has 1 amide bonds. The molecule has 1 aliphatic rings. The first-order valence-corrected chi connectivity index (χ1v) is 15.4. The first-order chi connectivity index (χ1) is 20.0. The number of carbonyl (C=O) groups excluding carboxylic acids is 1. The van der Waals surface area contributed by atoms with E-state index < -0.39 is 11.2 Å². The quantitative estimate of drug-likeness (QED) is 0.221. The van der Waals surface area contributed by atoms with Crippen LogP contribution in [0.15, 0.2) is 54.0 Å². The van der Waals surface area contributed by atoms with Gasteiger partial charge in [-0.2, -0.15) is 0 Å². The molecule has 1 saturated heterocycles. The number of piperazine rings is 1. The van der Waals surface area contributed by atoms with Crippen molar-refractivity contribution in [1.29, 1.82) is 0 Å². The lowest BCUT2D eigenvalue weighted by atomic mass is 9.87. The molecule has 2 aromatic heterocycles. The number of hydrogen-bond acceptors (Lipinski definition) is 6. The summed E-state index contributed by atoms with van der Waals surface area (Å²) in [5, 5.41) is 11.3. The highest BCUT2D eigenvalue weighted by molar-refractivity contribution is 7.13. The maximum atomic E-state index is 14.5. The van der Waals surface area contributed by atoms with Crippen LogP contribution in [0.5, 0.6) is 0 Å². The van der Waals surface area contributed by atoms with E-state index in [9.17, 15) is 13.6 Å². The topological polar surface area (TPSA) is 67.2 Å². The van der Waals surface area contributed by atoms with E-state index in [-0.39, 0.29) is 40.4 Å². The first-order valence-electron chi connectivity index (χ1n) is 14.1. The minimum absolute atomic E-state index is 0.0287. The molecule has 1 fully saturated rings. The number of benzene rings is 2. The fraction of sp³-hybridized carbons (Fsp3) is 0.419. The number of halogens is 3. The van der Waals surface area contributed by atoms with Crippen molar-refractivity contribution in [3.8, 4) is 10.6 Å². The lowest BCUT2D eigenvalue weighted by molar-refractivity contribution is -0.141. The van der Waals surface area contributed by atoms with Crippen molar-refractivity contribution in [2.24, 2.45) is 0 Å². The molecule has 1 aliphatic heterocycles. The van der Waals surface area contributed by atoms with E-state index in [1.807, 2.05) is 43.3 Å². The third kappa shape index (κ3) is 5.85. The van der Waals surface area contributed by atoms with Gasteiger partial charge in [0.1, 0.15) is 16.6 Å². The van der Waals surface area contributed by atoms with Crippen molar-refractivity contribution in [3.05, 3.63) is 87.6 Å². The smallest absolute Gasteiger partial charge is 0.234 e. The summed E-state index contributed by atoms with van der Waals surface area (Å²) in [5.41, 5.74) is 1.33. The zero-order valence-electron chi connectivity index (χ0n) is 24.4. The zero-order chi connectivity index (χ0) is 30.2. The van der Waals surface area contributed by atoms with Crippen LogP contribution in [-0.4, -0.2) is 60.9 Å². The average molecular weight is 613 g/mol. The van der Waals surface area contributed by atoms with Gasteiger partial charge in [-0.1, -0.05) is 48.0 Å². The second-order valence-electron chi connectivity index (χ2n) is 11.5. The fourth-order valence-electron chi connectivity index (χ4n) is 5.74. The van der Waals surface area contributed by atoms with Crippen molar-refractivity contribution >= 4 is 28.8 Å². The van der Waals surface area contributed by atoms with Crippen LogP contribution in [0.2, 0.25) is 5.02 Å². The van der Waals surface area contributed by atoms with Crippen molar-refractivity contribution in [3.63, 3.8) is 0 Å². The summed E-state index contributed by atoms with van der Waals surface area (Å²) >= 11 is 7.54. The van der Waals surface area contributed by atoms with E-state index in [4.69, 9.17) is 11.6 Å². The summed E-state index contributed by atoms with van der Waals surface area (Å²) in [6, 6.07) is 11.2. The normalized spacial score (nSPS) is 18.8. The Hall–Kier alpha value is -3.21. The largest absolute Gasteiger partial charge is 0.339 e. The molecule has 0 aliphatic carbocycles. The van der Waals surface area contributed by atoms with E-state index in [1.54, 1.807) is 28.9 Å². The minimum Gasteiger partial charge on any atom is -0.339 e. The van der Waals surface area contributed by atoms with Crippen LogP contribution >= 0.6 is 22.9 Å². The molecule has 0 unspecified atom stereocenters. The van der Waals surface area contributed by atoms with Crippen LogP contribution in [0.1, 0.15) is 64.0 Å². The number of carbonyl (C=O) groups is 1. The molecule has 3 atom stereocenters. The van der Waals surface area contributed by atoms with Crippen LogP contribution in [0.4, 0.5) is 8.78 Å². The predicted octanol–water partition coefficient (Wildman–Crippen LogP) is 6.73. The Labute approximate surface area is 254 Å². The van der Waals surface area contributed by atoms with E-state index in [0.29, 0.717) is 42.3 Å². The molecular formula is C31H35ClF2N6OS. The van der Waals surface area contributed by atoms with Crippen LogP contribution in [0.3, 0.4) is 0 Å². The summed E-state index contributed by atoms with van der Waals surface area (Å²) in [6.45, 7) is 11.6. The first kappa shape index (κ1) is 30.3. The molecular weight excluding hydrogens is 578 g/mol. The maximum Gasteiger partial charge on any atom is 0.234 e. The summed E-state index contributed by atoms with van der Waals surface area (Å²) in [7, 11) is 0. The standard InChI is InChI=1S/C31H35ClF2N6OS/c1-6-26(22-10-7-8-12-24(22)33)40-17-21(36-37-40)16-39-19(2)14-38(15-20(39)3)30(41)31(4,5)27-18-42-29(35-27)28-23(32)11-9-13-25(28)34/h7-13,17-20,26H,6,14-16H2,1-5H3/t19-,20+,26-/m1/s1. The van der Waals surface area contributed by atoms with E-state index in [0.717, 1.165) is 5.69 Å². The van der Waals surface area contributed by atoms with Crippen molar-refractivity contribution in [1.82, 2.24) is 29.8 Å². The highest BCUT2D eigenvalue weighted by Crippen LogP contribution is 2.36. The van der Waals surface area contributed by atoms with Crippen LogP contribution in [-0.2, 0) is 16.8 Å². The van der Waals surface area contributed by atoms with Gasteiger partial charge in [-0.05, 0) is 52.3 Å². The monoisotopic (exact) mass is 612 g/mol. The molecule has 3 heterocycles. The highest BCUT2D eigenvalue weighted by Gasteiger charge is 2.40. The van der Waals surface area contributed by atoms with E-state index in [2.05, 4.69) is 34.0 Å². The van der Waals surface area contributed by atoms with Crippen LogP contribution in [0, 0.1) is 11.6 Å². The Bertz CT molecular complexity index is 1540. The van der Waals surface area contributed by atoms with Crippen molar-refractivity contribution < 1.29 is 13.6 Å². The third-order valence-corrected chi connectivity index (χ3v) is 9.29. The Morgan fingerprint density at radius 1 is 1.10 bits per heavy atom. The summed E-state index contributed by atoms with van der Waals surface area (Å²) in [6.07, 6.45) is 2.57. The zero-order valence-corrected chi connectivity index (χ0v) is 26.0. The molecule has 42 heavy (non-hydrogen) atoms. The van der Waals surface area contributed by atoms with Gasteiger partial charge in [0.2, 0.25) is 5.91 Å². The molecule has 2 aromatic carbocycles. The number of aromatic nitrogens is 4. The number of amides is 1. The Balaban J connectivity index is 1.27. The highest BCUT2D eigenvalue weighted by atomic mass is 35.5. The third-order valence-electron chi connectivity index (χ3n) is 8.12. The molecule has 222 valence electrons. The van der Waals surface area contributed by atoms with Gasteiger partial charge in [0.25, 0.3) is 0 Å². The Morgan fingerprint density at radius 3 is 2.45 bits per heavy atom. The minimum atomic E-state index is -0.904. The lowest BCUT2D eigenvalue weighted by Gasteiger charge is -2.45. The molecule has 4 aromatic rings. The van der Waals surface area contributed by atoms with Gasteiger partial charge >= 0.3 is 0 Å². The molecule has 0 spiro atoms. The molecule has 0 saturated carbocycles. The van der Waals surface area contributed by atoms with Crippen LogP contribution < -0.4 is 0 Å². The molecule has 11 heteroatoms.